The number of nitrogens with zero attached hydrogens (tertiary/aromatic N) is 2. The molecule has 2 saturated heterocycles. The van der Waals surface area contributed by atoms with Crippen LogP contribution in [0.1, 0.15) is 96.8 Å². The van der Waals surface area contributed by atoms with E-state index in [1.54, 1.807) is 0 Å². The molecule has 6 fully saturated rings. The number of hydrogen-bond donors (Lipinski definition) is 0. The van der Waals surface area contributed by atoms with Crippen LogP contribution in [-0.4, -0.2) is 24.9 Å². The average molecular weight is 511 g/mol. The van der Waals surface area contributed by atoms with Gasteiger partial charge in [-0.15, -0.1) is 0 Å². The zero-order chi connectivity index (χ0) is 26.8. The molecule has 2 aromatic carbocycles. The standard InChI is InChI=1S/C34H42N2O2/c1-32(2,3)24-10-23(11-25(12-24)33(4,5)6)31-27(35-18-29(35)37)13-26(14-28(31)36-19-30(36)38)34-15-20-7-21(16-34)9-22(8-20)17-34/h10-14,20-22H,7-9,15-19H2,1-6H3. The van der Waals surface area contributed by atoms with Gasteiger partial charge in [-0.2, -0.15) is 0 Å². The molecule has 2 heterocycles. The van der Waals surface area contributed by atoms with Gasteiger partial charge in [-0.3, -0.25) is 9.59 Å². The van der Waals surface area contributed by atoms with Crippen molar-refractivity contribution >= 4 is 23.2 Å². The lowest BCUT2D eigenvalue weighted by molar-refractivity contribution is -0.110. The Labute approximate surface area is 227 Å². The topological polar surface area (TPSA) is 40.2 Å². The van der Waals surface area contributed by atoms with Crippen molar-refractivity contribution in [3.63, 3.8) is 0 Å². The monoisotopic (exact) mass is 510 g/mol. The van der Waals surface area contributed by atoms with Gasteiger partial charge in [0.25, 0.3) is 0 Å². The van der Waals surface area contributed by atoms with Gasteiger partial charge in [0, 0.05) is 5.56 Å². The summed E-state index contributed by atoms with van der Waals surface area (Å²) in [5.41, 5.74) is 8.36. The lowest BCUT2D eigenvalue weighted by Gasteiger charge is -2.57. The third-order valence-electron chi connectivity index (χ3n) is 10.3. The molecule has 0 atom stereocenters. The molecule has 4 heteroatoms. The van der Waals surface area contributed by atoms with Crippen LogP contribution in [0.25, 0.3) is 11.1 Å². The van der Waals surface area contributed by atoms with Gasteiger partial charge in [0.1, 0.15) is 13.1 Å². The van der Waals surface area contributed by atoms with E-state index in [1.165, 1.54) is 55.2 Å². The van der Waals surface area contributed by atoms with E-state index in [1.807, 2.05) is 9.80 Å². The minimum Gasteiger partial charge on any atom is -0.301 e. The molecule has 0 aromatic heterocycles. The maximum absolute atomic E-state index is 12.7. The SMILES string of the molecule is CC(C)(C)c1cc(-c2c(N3CC3=O)cc(C34CC5CC(CC(C5)C3)C4)cc2N2CC2=O)cc(C(C)(C)C)c1. The van der Waals surface area contributed by atoms with Crippen molar-refractivity contribution in [2.24, 2.45) is 17.8 Å². The van der Waals surface area contributed by atoms with Crippen molar-refractivity contribution in [2.75, 3.05) is 22.9 Å². The van der Waals surface area contributed by atoms with Crippen LogP contribution in [0, 0.1) is 17.8 Å². The Morgan fingerprint density at radius 1 is 0.658 bits per heavy atom. The van der Waals surface area contributed by atoms with Crippen LogP contribution in [0.4, 0.5) is 11.4 Å². The van der Waals surface area contributed by atoms with Gasteiger partial charge in [-0.05, 0) is 107 Å². The number of amides is 2. The Hall–Kier alpha value is -2.62. The average Bonchev–Trinajstić information content (AvgIpc) is 3.73. The highest BCUT2D eigenvalue weighted by Gasteiger charge is 2.52. The second kappa shape index (κ2) is 7.73. The second-order valence-electron chi connectivity index (χ2n) is 15.3. The molecule has 4 nitrogen and oxygen atoms in total. The van der Waals surface area contributed by atoms with E-state index in [2.05, 4.69) is 71.9 Å². The number of carbonyl (C=O) groups is 2. The summed E-state index contributed by atoms with van der Waals surface area (Å²) in [6, 6.07) is 11.7. The van der Waals surface area contributed by atoms with Gasteiger partial charge >= 0.3 is 0 Å². The minimum absolute atomic E-state index is 0.0130. The van der Waals surface area contributed by atoms with Gasteiger partial charge in [-0.1, -0.05) is 59.7 Å². The minimum atomic E-state index is -0.0130. The Morgan fingerprint density at radius 3 is 1.39 bits per heavy atom. The summed E-state index contributed by atoms with van der Waals surface area (Å²) in [5.74, 6) is 2.89. The molecule has 0 radical (unpaired) electrons. The maximum Gasteiger partial charge on any atom is 0.247 e. The van der Waals surface area contributed by atoms with Crippen LogP contribution in [0.2, 0.25) is 0 Å². The molecular formula is C34H42N2O2. The highest BCUT2D eigenvalue weighted by molar-refractivity contribution is 6.19. The van der Waals surface area contributed by atoms with Crippen molar-refractivity contribution < 1.29 is 9.59 Å². The van der Waals surface area contributed by atoms with E-state index in [4.69, 9.17) is 0 Å². The third kappa shape index (κ3) is 3.93. The van der Waals surface area contributed by atoms with Gasteiger partial charge in [-0.25, -0.2) is 0 Å². The van der Waals surface area contributed by atoms with E-state index >= 15 is 0 Å². The summed E-state index contributed by atoms with van der Waals surface area (Å²) >= 11 is 0. The highest BCUT2D eigenvalue weighted by atomic mass is 16.2. The van der Waals surface area contributed by atoms with E-state index in [9.17, 15) is 9.59 Å². The maximum atomic E-state index is 12.7. The molecule has 0 unspecified atom stereocenters. The molecule has 200 valence electrons. The van der Waals surface area contributed by atoms with Gasteiger partial charge in [0.2, 0.25) is 11.8 Å². The number of hydrogen-bond acceptors (Lipinski definition) is 2. The van der Waals surface area contributed by atoms with Gasteiger partial charge < -0.3 is 9.80 Å². The lowest BCUT2D eigenvalue weighted by atomic mass is 9.48. The lowest BCUT2D eigenvalue weighted by Crippen LogP contribution is -2.48. The second-order valence-corrected chi connectivity index (χ2v) is 15.3. The van der Waals surface area contributed by atoms with Crippen LogP contribution in [0.15, 0.2) is 30.3 Å². The van der Waals surface area contributed by atoms with E-state index in [0.29, 0.717) is 13.1 Å². The van der Waals surface area contributed by atoms with Crippen LogP contribution in [-0.2, 0) is 25.8 Å². The Balaban J connectivity index is 1.46. The van der Waals surface area contributed by atoms with Crippen molar-refractivity contribution in [1.82, 2.24) is 0 Å². The molecule has 38 heavy (non-hydrogen) atoms. The largest absolute Gasteiger partial charge is 0.301 e. The molecule has 2 aromatic rings. The summed E-state index contributed by atoms with van der Waals surface area (Å²) in [7, 11) is 0. The summed E-state index contributed by atoms with van der Waals surface area (Å²) in [5, 5.41) is 0. The van der Waals surface area contributed by atoms with E-state index in [0.717, 1.165) is 40.3 Å². The van der Waals surface area contributed by atoms with Crippen molar-refractivity contribution in [3.05, 3.63) is 47.0 Å². The quantitative estimate of drug-likeness (QED) is 0.411. The highest BCUT2D eigenvalue weighted by Crippen LogP contribution is 2.62. The molecule has 4 saturated carbocycles. The summed E-state index contributed by atoms with van der Waals surface area (Å²) in [6.45, 7) is 14.5. The third-order valence-corrected chi connectivity index (χ3v) is 10.3. The van der Waals surface area contributed by atoms with Crippen LogP contribution < -0.4 is 9.80 Å². The molecule has 2 amide bonds. The summed E-state index contributed by atoms with van der Waals surface area (Å²) < 4.78 is 0. The Morgan fingerprint density at radius 2 is 1.05 bits per heavy atom. The van der Waals surface area contributed by atoms with Gasteiger partial charge in [0.05, 0.1) is 11.4 Å². The molecule has 0 N–H and O–H groups in total. The van der Waals surface area contributed by atoms with Crippen LogP contribution in [0.5, 0.6) is 0 Å². The predicted molar refractivity (Wildman–Crippen MR) is 154 cm³/mol. The zero-order valence-electron chi connectivity index (χ0n) is 24.0. The number of rotatable bonds is 4. The van der Waals surface area contributed by atoms with Gasteiger partial charge in [0.15, 0.2) is 0 Å². The number of benzene rings is 2. The fraction of sp³-hybridized carbons (Fsp3) is 0.588. The van der Waals surface area contributed by atoms with Crippen molar-refractivity contribution in [3.8, 4) is 11.1 Å². The normalized spacial score (nSPS) is 29.9. The summed E-state index contributed by atoms with van der Waals surface area (Å²) in [4.78, 5) is 29.3. The predicted octanol–water partition coefficient (Wildman–Crippen LogP) is 7.11. The number of anilines is 2. The smallest absolute Gasteiger partial charge is 0.247 e. The Bertz CT molecular complexity index is 1260. The van der Waals surface area contributed by atoms with Crippen LogP contribution in [0.3, 0.4) is 0 Å². The Kier molecular flexibility index (Phi) is 4.97. The molecule has 2 aliphatic heterocycles. The molecule has 8 rings (SSSR count). The van der Waals surface area contributed by atoms with Crippen LogP contribution >= 0.6 is 0 Å². The first-order valence-electron chi connectivity index (χ1n) is 14.8. The molecule has 4 aliphatic carbocycles. The first-order valence-corrected chi connectivity index (χ1v) is 14.8. The fourth-order valence-electron chi connectivity index (χ4n) is 8.38. The van der Waals surface area contributed by atoms with E-state index in [-0.39, 0.29) is 28.1 Å². The van der Waals surface area contributed by atoms with Crippen molar-refractivity contribution in [2.45, 2.75) is 96.3 Å². The van der Waals surface area contributed by atoms with Crippen molar-refractivity contribution in [1.29, 1.82) is 0 Å². The molecular weight excluding hydrogens is 468 g/mol. The number of carbonyl (C=O) groups excluding carboxylic acids is 2. The van der Waals surface area contributed by atoms with E-state index < -0.39 is 0 Å². The molecule has 0 spiro atoms. The first kappa shape index (κ1) is 24.4. The molecule has 6 aliphatic rings. The fourth-order valence-corrected chi connectivity index (χ4v) is 8.38. The molecule has 4 bridgehead atoms. The summed E-state index contributed by atoms with van der Waals surface area (Å²) in [6.07, 6.45) is 8.02. The zero-order valence-corrected chi connectivity index (χ0v) is 24.0. The first-order chi connectivity index (χ1) is 17.8.